The molecular weight excluding hydrogens is 195 g/mol. The SMILES string of the molecule is CS(=O)(=O)Cl.O=C(O)O.[NaH]. The van der Waals surface area contributed by atoms with Gasteiger partial charge in [0.25, 0.3) is 0 Å². The summed E-state index contributed by atoms with van der Waals surface area (Å²) in [7, 11) is 1.31. The second-order valence-electron chi connectivity index (χ2n) is 0.964. The molecule has 0 rings (SSSR count). The zero-order chi connectivity index (χ0) is 8.08. The van der Waals surface area contributed by atoms with Crippen LogP contribution in [0.3, 0.4) is 0 Å². The van der Waals surface area contributed by atoms with Gasteiger partial charge in [0.05, 0.1) is 6.26 Å². The van der Waals surface area contributed by atoms with Gasteiger partial charge in [0.1, 0.15) is 0 Å². The van der Waals surface area contributed by atoms with Crippen LogP contribution in [0.15, 0.2) is 0 Å². The molecule has 0 aliphatic carbocycles. The molecule has 0 aliphatic heterocycles. The molecule has 0 spiro atoms. The second kappa shape index (κ2) is 7.62. The molecule has 10 heavy (non-hydrogen) atoms. The third-order valence-electron chi connectivity index (χ3n) is 0. The Labute approximate surface area is 84.7 Å². The van der Waals surface area contributed by atoms with Gasteiger partial charge in [0.2, 0.25) is 9.05 Å². The van der Waals surface area contributed by atoms with Crippen molar-refractivity contribution in [2.24, 2.45) is 0 Å². The molecule has 0 amide bonds. The fraction of sp³-hybridized carbons (Fsp3) is 0.500. The van der Waals surface area contributed by atoms with E-state index in [1.807, 2.05) is 0 Å². The molecule has 0 bridgehead atoms. The summed E-state index contributed by atoms with van der Waals surface area (Å²) in [6, 6.07) is 0. The number of carboxylic acid groups (broad SMARTS) is 2. The van der Waals surface area contributed by atoms with E-state index in [2.05, 4.69) is 10.7 Å². The van der Waals surface area contributed by atoms with Crippen molar-refractivity contribution in [3.8, 4) is 0 Å². The molecule has 0 aromatic heterocycles. The van der Waals surface area contributed by atoms with E-state index in [4.69, 9.17) is 15.0 Å². The van der Waals surface area contributed by atoms with Gasteiger partial charge < -0.3 is 10.2 Å². The molecule has 2 N–H and O–H groups in total. The Morgan fingerprint density at radius 2 is 1.40 bits per heavy atom. The first-order valence-corrected chi connectivity index (χ1v) is 4.26. The average Bonchev–Trinajstić information content (AvgIpc) is 1.19. The molecule has 0 saturated heterocycles. The van der Waals surface area contributed by atoms with Crippen molar-refractivity contribution in [2.45, 2.75) is 0 Å². The number of rotatable bonds is 0. The summed E-state index contributed by atoms with van der Waals surface area (Å²) in [5, 5.41) is 13.9. The minimum atomic E-state index is -3.19. The first kappa shape index (κ1) is 16.9. The monoisotopic (exact) mass is 200 g/mol. The summed E-state index contributed by atoms with van der Waals surface area (Å²) in [6.45, 7) is 0. The Morgan fingerprint density at radius 1 is 1.40 bits per heavy atom. The predicted molar refractivity (Wildman–Crippen MR) is 38.5 cm³/mol. The van der Waals surface area contributed by atoms with E-state index >= 15 is 0 Å². The number of halogens is 1. The van der Waals surface area contributed by atoms with Gasteiger partial charge in [-0.2, -0.15) is 0 Å². The molecule has 0 radical (unpaired) electrons. The van der Waals surface area contributed by atoms with Crippen molar-refractivity contribution in [3.63, 3.8) is 0 Å². The summed E-state index contributed by atoms with van der Waals surface area (Å²) in [4.78, 5) is 8.56. The van der Waals surface area contributed by atoms with Crippen molar-refractivity contribution < 1.29 is 23.4 Å². The van der Waals surface area contributed by atoms with Crippen LogP contribution < -0.4 is 0 Å². The first-order chi connectivity index (χ1) is 3.73. The van der Waals surface area contributed by atoms with E-state index in [1.54, 1.807) is 0 Å². The number of carbonyl (C=O) groups is 1. The van der Waals surface area contributed by atoms with Gasteiger partial charge in [-0.05, 0) is 0 Å². The standard InChI is InChI=1S/CH3ClO2S.CH2O3.Na.H/c1-5(2,3)4;2-1(3)4;;/h1H3;(H2,2,3,4);;. The molecule has 0 saturated carbocycles. The quantitative estimate of drug-likeness (QED) is 0.416. The second-order valence-corrected chi connectivity index (χ2v) is 4.01. The van der Waals surface area contributed by atoms with Crippen LogP contribution in [-0.4, -0.2) is 60.6 Å². The fourth-order valence-electron chi connectivity index (χ4n) is 0. The van der Waals surface area contributed by atoms with Crippen molar-refractivity contribution in [1.82, 2.24) is 0 Å². The van der Waals surface area contributed by atoms with E-state index in [9.17, 15) is 8.42 Å². The Bertz CT molecular complexity index is 162. The van der Waals surface area contributed by atoms with Crippen LogP contribution in [0.5, 0.6) is 0 Å². The zero-order valence-electron chi connectivity index (χ0n) is 4.41. The van der Waals surface area contributed by atoms with Gasteiger partial charge in [0, 0.05) is 10.7 Å². The fourth-order valence-corrected chi connectivity index (χ4v) is 0. The van der Waals surface area contributed by atoms with E-state index in [0.717, 1.165) is 6.26 Å². The molecular formula is C2H6ClNaO5S. The maximum atomic E-state index is 9.40. The molecule has 8 heteroatoms. The Morgan fingerprint density at radius 3 is 1.40 bits per heavy atom. The van der Waals surface area contributed by atoms with Crippen LogP contribution in [0.25, 0.3) is 0 Å². The average molecular weight is 201 g/mol. The molecule has 0 atom stereocenters. The van der Waals surface area contributed by atoms with Crippen molar-refractivity contribution >= 4 is 55.4 Å². The first-order valence-electron chi connectivity index (χ1n) is 1.55. The van der Waals surface area contributed by atoms with E-state index in [-0.39, 0.29) is 29.6 Å². The van der Waals surface area contributed by atoms with E-state index in [0.29, 0.717) is 0 Å². The van der Waals surface area contributed by atoms with Crippen LogP contribution in [-0.2, 0) is 9.05 Å². The topological polar surface area (TPSA) is 91.7 Å². The summed E-state index contributed by atoms with van der Waals surface area (Å²) in [5.74, 6) is 0. The van der Waals surface area contributed by atoms with Crippen LogP contribution in [0.2, 0.25) is 0 Å². The summed E-state index contributed by atoms with van der Waals surface area (Å²) in [6.07, 6.45) is -0.908. The van der Waals surface area contributed by atoms with Crippen LogP contribution in [0.4, 0.5) is 4.79 Å². The van der Waals surface area contributed by atoms with Crippen molar-refractivity contribution in [3.05, 3.63) is 0 Å². The molecule has 0 aromatic carbocycles. The van der Waals surface area contributed by atoms with Crippen LogP contribution >= 0.6 is 10.7 Å². The zero-order valence-corrected chi connectivity index (χ0v) is 5.98. The van der Waals surface area contributed by atoms with Gasteiger partial charge in [-0.3, -0.25) is 0 Å². The number of hydrogen-bond acceptors (Lipinski definition) is 3. The Balaban J connectivity index is -0.0000000910. The maximum absolute atomic E-state index is 9.40. The van der Waals surface area contributed by atoms with Gasteiger partial charge in [-0.25, -0.2) is 13.2 Å². The molecule has 0 fully saturated rings. The molecule has 5 nitrogen and oxygen atoms in total. The van der Waals surface area contributed by atoms with Gasteiger partial charge in [-0.1, -0.05) is 0 Å². The van der Waals surface area contributed by atoms with Gasteiger partial charge >= 0.3 is 35.7 Å². The predicted octanol–water partition coefficient (Wildman–Crippen LogP) is -0.241. The van der Waals surface area contributed by atoms with Crippen LogP contribution in [0, 0.1) is 0 Å². The van der Waals surface area contributed by atoms with E-state index in [1.165, 1.54) is 0 Å². The van der Waals surface area contributed by atoms with Crippen LogP contribution in [0.1, 0.15) is 0 Å². The molecule has 0 heterocycles. The summed E-state index contributed by atoms with van der Waals surface area (Å²) >= 11 is 0. The third kappa shape index (κ3) is 1850. The minimum absolute atomic E-state index is 0. The normalized spacial score (nSPS) is 8.20. The molecule has 0 aromatic rings. The third-order valence-corrected chi connectivity index (χ3v) is 0. The van der Waals surface area contributed by atoms with Crippen molar-refractivity contribution in [2.75, 3.05) is 6.26 Å². The van der Waals surface area contributed by atoms with Crippen molar-refractivity contribution in [1.29, 1.82) is 0 Å². The Kier molecular flexibility index (Phi) is 12.8. The summed E-state index contributed by atoms with van der Waals surface area (Å²) < 4.78 is 18.8. The van der Waals surface area contributed by atoms with Gasteiger partial charge in [0.15, 0.2) is 0 Å². The number of hydrogen-bond donors (Lipinski definition) is 2. The van der Waals surface area contributed by atoms with E-state index < -0.39 is 15.2 Å². The molecule has 0 aliphatic rings. The van der Waals surface area contributed by atoms with Gasteiger partial charge in [-0.15, -0.1) is 0 Å². The molecule has 0 unspecified atom stereocenters. The Hall–Kier alpha value is 0.510. The summed E-state index contributed by atoms with van der Waals surface area (Å²) in [5.41, 5.74) is 0. The molecule has 58 valence electrons.